The molecule has 3 aromatic rings. The first-order chi connectivity index (χ1) is 15.9. The van der Waals surface area contributed by atoms with Crippen molar-refractivity contribution in [1.82, 2.24) is 10.2 Å². The summed E-state index contributed by atoms with van der Waals surface area (Å²) in [4.78, 5) is 13.8. The highest BCUT2D eigenvalue weighted by Crippen LogP contribution is 2.34. The van der Waals surface area contributed by atoms with E-state index in [1.807, 2.05) is 19.9 Å². The molecule has 0 amide bonds. The standard InChI is InChI=1S/C23H25N3O6S/c1-5-26(6-2)16-8-7-14(19(27)12-16)11-20(22(28)29)33-23-25-24-21(32-23)15-9-17(30-3)13-18(10-15)31-4/h7-13,27H,5-6H2,1-4H3,(H,28,29)/b20-11-. The van der Waals surface area contributed by atoms with Crippen LogP contribution < -0.4 is 14.4 Å². The van der Waals surface area contributed by atoms with Crippen molar-refractivity contribution in [3.63, 3.8) is 0 Å². The average Bonchev–Trinajstić information content (AvgIpc) is 3.29. The zero-order chi connectivity index (χ0) is 24.0. The molecule has 9 nitrogen and oxygen atoms in total. The van der Waals surface area contributed by atoms with Crippen LogP contribution in [0.25, 0.3) is 17.5 Å². The van der Waals surface area contributed by atoms with Gasteiger partial charge in [0.15, 0.2) is 0 Å². The van der Waals surface area contributed by atoms with Crippen LogP contribution >= 0.6 is 11.8 Å². The molecule has 0 atom stereocenters. The largest absolute Gasteiger partial charge is 0.507 e. The third kappa shape index (κ3) is 5.78. The molecule has 0 aliphatic carbocycles. The number of aromatic nitrogens is 2. The van der Waals surface area contributed by atoms with Gasteiger partial charge >= 0.3 is 5.97 Å². The summed E-state index contributed by atoms with van der Waals surface area (Å²) in [5.74, 6) is 0.0762. The molecule has 1 heterocycles. The number of aliphatic carboxylic acids is 1. The maximum atomic E-state index is 11.8. The third-order valence-corrected chi connectivity index (χ3v) is 5.69. The number of rotatable bonds is 10. The van der Waals surface area contributed by atoms with Gasteiger partial charge in [-0.15, -0.1) is 10.2 Å². The highest BCUT2D eigenvalue weighted by molar-refractivity contribution is 8.03. The van der Waals surface area contributed by atoms with Crippen LogP contribution in [0.2, 0.25) is 0 Å². The number of phenolic OH excluding ortho intramolecular Hbond substituents is 1. The minimum atomic E-state index is -1.19. The van der Waals surface area contributed by atoms with Crippen LogP contribution in [0.4, 0.5) is 5.69 Å². The molecule has 0 aliphatic heterocycles. The van der Waals surface area contributed by atoms with E-state index in [1.165, 1.54) is 20.3 Å². The normalized spacial score (nSPS) is 11.3. The molecule has 174 valence electrons. The van der Waals surface area contributed by atoms with Crippen molar-refractivity contribution >= 4 is 29.5 Å². The van der Waals surface area contributed by atoms with E-state index in [4.69, 9.17) is 13.9 Å². The highest BCUT2D eigenvalue weighted by Gasteiger charge is 2.18. The zero-order valence-electron chi connectivity index (χ0n) is 18.7. The number of carboxylic acids is 1. The molecule has 0 bridgehead atoms. The summed E-state index contributed by atoms with van der Waals surface area (Å²) in [5, 5.41) is 28.1. The molecule has 0 spiro atoms. The molecule has 0 saturated heterocycles. The Morgan fingerprint density at radius 1 is 1.09 bits per heavy atom. The number of benzene rings is 2. The predicted molar refractivity (Wildman–Crippen MR) is 126 cm³/mol. The van der Waals surface area contributed by atoms with E-state index < -0.39 is 5.97 Å². The van der Waals surface area contributed by atoms with Gasteiger partial charge in [-0.3, -0.25) is 0 Å². The van der Waals surface area contributed by atoms with Crippen molar-refractivity contribution in [2.75, 3.05) is 32.2 Å². The lowest BCUT2D eigenvalue weighted by Gasteiger charge is -2.21. The quantitative estimate of drug-likeness (QED) is 0.323. The van der Waals surface area contributed by atoms with Gasteiger partial charge in [-0.25, -0.2) is 4.79 Å². The number of nitrogens with zero attached hydrogens (tertiary/aromatic N) is 3. The van der Waals surface area contributed by atoms with Crippen LogP contribution in [-0.4, -0.2) is 53.7 Å². The second-order valence-electron chi connectivity index (χ2n) is 6.81. The Morgan fingerprint density at radius 2 is 1.76 bits per heavy atom. The summed E-state index contributed by atoms with van der Waals surface area (Å²) >= 11 is 0.793. The number of methoxy groups -OCH3 is 2. The predicted octanol–water partition coefficient (Wildman–Crippen LogP) is 4.52. The Morgan fingerprint density at radius 3 is 2.30 bits per heavy atom. The third-order valence-electron chi connectivity index (χ3n) is 4.84. The Bertz CT molecular complexity index is 1130. The molecule has 10 heteroatoms. The van der Waals surface area contributed by atoms with Crippen LogP contribution in [-0.2, 0) is 4.79 Å². The maximum Gasteiger partial charge on any atom is 0.342 e. The summed E-state index contributed by atoms with van der Waals surface area (Å²) < 4.78 is 16.1. The molecule has 2 aromatic carbocycles. The summed E-state index contributed by atoms with van der Waals surface area (Å²) in [5.41, 5.74) is 1.79. The molecule has 2 N–H and O–H groups in total. The molecule has 1 aromatic heterocycles. The lowest BCUT2D eigenvalue weighted by molar-refractivity contribution is -0.131. The van der Waals surface area contributed by atoms with Gasteiger partial charge in [-0.2, -0.15) is 0 Å². The molecule has 0 aliphatic rings. The minimum absolute atomic E-state index is 0.0200. The lowest BCUT2D eigenvalue weighted by atomic mass is 10.1. The van der Waals surface area contributed by atoms with E-state index >= 15 is 0 Å². The van der Waals surface area contributed by atoms with Crippen LogP contribution in [0, 0.1) is 0 Å². The van der Waals surface area contributed by atoms with Gasteiger partial charge in [-0.1, -0.05) is 0 Å². The van der Waals surface area contributed by atoms with Crippen LogP contribution in [0.1, 0.15) is 19.4 Å². The van der Waals surface area contributed by atoms with E-state index in [9.17, 15) is 15.0 Å². The summed E-state index contributed by atoms with van der Waals surface area (Å²) in [7, 11) is 3.06. The highest BCUT2D eigenvalue weighted by atomic mass is 32.2. The number of thioether (sulfide) groups is 1. The molecular formula is C23H25N3O6S. The summed E-state index contributed by atoms with van der Waals surface area (Å²) in [6.07, 6.45) is 1.37. The summed E-state index contributed by atoms with van der Waals surface area (Å²) in [6.45, 7) is 5.63. The second kappa shape index (κ2) is 10.8. The number of ether oxygens (including phenoxy) is 2. The SMILES string of the molecule is CCN(CC)c1ccc(/C=C(\Sc2nnc(-c3cc(OC)cc(OC)c3)o2)C(=O)O)c(O)c1. The Labute approximate surface area is 195 Å². The van der Waals surface area contributed by atoms with Crippen LogP contribution in [0.15, 0.2) is 50.9 Å². The smallest absolute Gasteiger partial charge is 0.342 e. The number of hydrogen-bond acceptors (Lipinski definition) is 9. The molecular weight excluding hydrogens is 446 g/mol. The van der Waals surface area contributed by atoms with Gasteiger partial charge < -0.3 is 29.0 Å². The average molecular weight is 472 g/mol. The van der Waals surface area contributed by atoms with Crippen molar-refractivity contribution in [2.45, 2.75) is 19.1 Å². The zero-order valence-corrected chi connectivity index (χ0v) is 19.5. The number of aromatic hydroxyl groups is 1. The molecule has 0 saturated carbocycles. The van der Waals surface area contributed by atoms with Crippen molar-refractivity contribution < 1.29 is 28.9 Å². The Hall–Kier alpha value is -3.66. The van der Waals surface area contributed by atoms with Crippen LogP contribution in [0.3, 0.4) is 0 Å². The first kappa shape index (κ1) is 24.0. The van der Waals surface area contributed by atoms with Crippen molar-refractivity contribution in [1.29, 1.82) is 0 Å². The van der Waals surface area contributed by atoms with Gasteiger partial charge in [0.2, 0.25) is 5.89 Å². The molecule has 3 rings (SSSR count). The number of anilines is 1. The first-order valence-corrected chi connectivity index (χ1v) is 11.0. The van der Waals surface area contributed by atoms with Crippen molar-refractivity contribution in [2.24, 2.45) is 0 Å². The lowest BCUT2D eigenvalue weighted by Crippen LogP contribution is -2.21. The van der Waals surface area contributed by atoms with Gasteiger partial charge in [0.25, 0.3) is 5.22 Å². The second-order valence-corrected chi connectivity index (χ2v) is 7.80. The maximum absolute atomic E-state index is 11.8. The van der Waals surface area contributed by atoms with Gasteiger partial charge in [-0.05, 0) is 56.0 Å². The van der Waals surface area contributed by atoms with E-state index in [1.54, 1.807) is 30.3 Å². The molecule has 0 unspecified atom stereocenters. The fourth-order valence-corrected chi connectivity index (χ4v) is 3.77. The Kier molecular flexibility index (Phi) is 7.83. The molecule has 33 heavy (non-hydrogen) atoms. The van der Waals surface area contributed by atoms with Crippen molar-refractivity contribution in [3.8, 4) is 28.7 Å². The monoisotopic (exact) mass is 471 g/mol. The first-order valence-electron chi connectivity index (χ1n) is 10.2. The van der Waals surface area contributed by atoms with E-state index in [-0.39, 0.29) is 21.8 Å². The minimum Gasteiger partial charge on any atom is -0.507 e. The molecule has 0 fully saturated rings. The van der Waals surface area contributed by atoms with E-state index in [2.05, 4.69) is 15.1 Å². The van der Waals surface area contributed by atoms with Crippen LogP contribution in [0.5, 0.6) is 17.2 Å². The number of carboxylic acid groups (broad SMARTS) is 1. The van der Waals surface area contributed by atoms with E-state index in [0.717, 1.165) is 30.5 Å². The number of carbonyl (C=O) groups is 1. The van der Waals surface area contributed by atoms with Gasteiger partial charge in [0.1, 0.15) is 22.2 Å². The number of phenols is 1. The van der Waals surface area contributed by atoms with Gasteiger partial charge in [0, 0.05) is 42.0 Å². The Balaban J connectivity index is 1.87. The molecule has 0 radical (unpaired) electrons. The van der Waals surface area contributed by atoms with Crippen molar-refractivity contribution in [3.05, 3.63) is 46.9 Å². The van der Waals surface area contributed by atoms with Gasteiger partial charge in [0.05, 0.1) is 14.2 Å². The fraction of sp³-hybridized carbons (Fsp3) is 0.261. The summed E-state index contributed by atoms with van der Waals surface area (Å²) in [6, 6.07) is 10.2. The topological polar surface area (TPSA) is 118 Å². The fourth-order valence-electron chi connectivity index (χ4n) is 3.11. The number of hydrogen-bond donors (Lipinski definition) is 2. The van der Waals surface area contributed by atoms with E-state index in [0.29, 0.717) is 22.6 Å².